The molecule has 0 fully saturated rings. The van der Waals surface area contributed by atoms with Crippen LogP contribution in [0, 0.1) is 0 Å². The number of fused-ring (bicyclic) bond motifs is 9. The molecule has 0 saturated carbocycles. The van der Waals surface area contributed by atoms with Gasteiger partial charge < -0.3 is 4.90 Å². The highest BCUT2D eigenvalue weighted by Gasteiger charge is 2.51. The molecule has 0 amide bonds. The summed E-state index contributed by atoms with van der Waals surface area (Å²) in [4.78, 5) is 12.7. The monoisotopic (exact) mass is 789 g/mol. The van der Waals surface area contributed by atoms with Gasteiger partial charge in [0.05, 0.1) is 28.2 Å². The summed E-state index contributed by atoms with van der Waals surface area (Å²) < 4.78 is 0. The maximum atomic E-state index is 5.15. The van der Waals surface area contributed by atoms with Gasteiger partial charge in [0.15, 0.2) is 5.82 Å². The standard InChI is InChI=1S/C59H39N3/c1-4-16-40(17-5-1)41-28-32-43(33-29-41)54-39-55(61-58(60-54)45-18-6-2-7-19-45)44-34-30-42(31-35-44)46-36-37-49-48-22-10-11-23-50(48)59(53(49)38-46)51-24-12-14-26-56(51)62(47-20-8-3-9-21-47)57-27-15-13-25-52(57)59/h1-39H. The van der Waals surface area contributed by atoms with Gasteiger partial charge in [0.2, 0.25) is 0 Å². The van der Waals surface area contributed by atoms with Crippen LogP contribution in [0.25, 0.3) is 67.3 Å². The van der Waals surface area contributed by atoms with E-state index in [0.29, 0.717) is 5.82 Å². The van der Waals surface area contributed by atoms with Crippen molar-refractivity contribution in [1.82, 2.24) is 9.97 Å². The number of nitrogens with zero attached hydrogens (tertiary/aromatic N) is 3. The van der Waals surface area contributed by atoms with E-state index in [4.69, 9.17) is 9.97 Å². The summed E-state index contributed by atoms with van der Waals surface area (Å²) in [6, 6.07) is 85.2. The Morgan fingerprint density at radius 2 is 0.710 bits per heavy atom. The largest absolute Gasteiger partial charge is 0.310 e. The minimum Gasteiger partial charge on any atom is -0.310 e. The van der Waals surface area contributed by atoms with Gasteiger partial charge in [-0.3, -0.25) is 0 Å². The molecule has 62 heavy (non-hydrogen) atoms. The van der Waals surface area contributed by atoms with Crippen molar-refractivity contribution in [3.8, 4) is 67.3 Å². The Kier molecular flexibility index (Phi) is 8.39. The van der Waals surface area contributed by atoms with Crippen LogP contribution in [0.2, 0.25) is 0 Å². The van der Waals surface area contributed by atoms with Crippen molar-refractivity contribution >= 4 is 17.1 Å². The first-order valence-electron chi connectivity index (χ1n) is 21.2. The number of benzene rings is 9. The maximum absolute atomic E-state index is 5.15. The highest BCUT2D eigenvalue weighted by Crippen LogP contribution is 2.63. The minimum absolute atomic E-state index is 0.509. The zero-order valence-electron chi connectivity index (χ0n) is 33.9. The van der Waals surface area contributed by atoms with E-state index in [2.05, 4.69) is 217 Å². The zero-order chi connectivity index (χ0) is 41.0. The fourth-order valence-electron chi connectivity index (χ4n) is 9.90. The Balaban J connectivity index is 0.971. The molecule has 2 aliphatic rings. The SMILES string of the molecule is c1ccc(-c2ccc(-c3cc(-c4ccc(-c5ccc6c(c5)C5(c7ccccc7-6)c6ccccc6N(c6ccccc6)c6ccccc65)cc4)nc(-c4ccccc4)n3)cc2)cc1. The molecule has 0 atom stereocenters. The third-order valence-electron chi connectivity index (χ3n) is 12.7. The molecule has 2 heterocycles. The summed E-state index contributed by atoms with van der Waals surface area (Å²) >= 11 is 0. The van der Waals surface area contributed by atoms with Crippen molar-refractivity contribution in [2.45, 2.75) is 5.41 Å². The second-order valence-corrected chi connectivity index (χ2v) is 16.1. The molecular formula is C59H39N3. The van der Waals surface area contributed by atoms with Crippen molar-refractivity contribution in [3.05, 3.63) is 259 Å². The first-order valence-corrected chi connectivity index (χ1v) is 21.2. The van der Waals surface area contributed by atoms with E-state index >= 15 is 0 Å². The lowest BCUT2D eigenvalue weighted by atomic mass is 9.64. The fraction of sp³-hybridized carbons (Fsp3) is 0.0169. The quantitative estimate of drug-likeness (QED) is 0.168. The molecule has 3 nitrogen and oxygen atoms in total. The van der Waals surface area contributed by atoms with E-state index < -0.39 is 5.41 Å². The number of hydrogen-bond donors (Lipinski definition) is 0. The van der Waals surface area contributed by atoms with Gasteiger partial charge in [-0.2, -0.15) is 0 Å². The Morgan fingerprint density at radius 3 is 1.31 bits per heavy atom. The third-order valence-corrected chi connectivity index (χ3v) is 12.7. The summed E-state index contributed by atoms with van der Waals surface area (Å²) in [5, 5.41) is 0. The van der Waals surface area contributed by atoms with Gasteiger partial charge >= 0.3 is 0 Å². The Bertz CT molecular complexity index is 3220. The molecule has 12 rings (SSSR count). The van der Waals surface area contributed by atoms with Gasteiger partial charge in [-0.05, 0) is 92.0 Å². The van der Waals surface area contributed by atoms with E-state index in [1.807, 2.05) is 24.3 Å². The molecule has 0 radical (unpaired) electrons. The Hall–Kier alpha value is -8.14. The highest BCUT2D eigenvalue weighted by atomic mass is 15.2. The number of para-hydroxylation sites is 3. The van der Waals surface area contributed by atoms with E-state index in [9.17, 15) is 0 Å². The van der Waals surface area contributed by atoms with E-state index in [1.54, 1.807) is 0 Å². The van der Waals surface area contributed by atoms with E-state index in [1.165, 1.54) is 61.4 Å². The van der Waals surface area contributed by atoms with Crippen molar-refractivity contribution in [3.63, 3.8) is 0 Å². The zero-order valence-corrected chi connectivity index (χ0v) is 33.9. The van der Waals surface area contributed by atoms with Gasteiger partial charge in [-0.1, -0.05) is 200 Å². The second-order valence-electron chi connectivity index (χ2n) is 16.1. The Morgan fingerprint density at radius 1 is 0.290 bits per heavy atom. The van der Waals surface area contributed by atoms with Crippen LogP contribution in [-0.2, 0) is 5.41 Å². The predicted octanol–water partition coefficient (Wildman–Crippen LogP) is 15.0. The van der Waals surface area contributed by atoms with E-state index in [0.717, 1.165) is 39.3 Å². The number of rotatable bonds is 6. The topological polar surface area (TPSA) is 29.0 Å². The molecule has 0 bridgehead atoms. The highest BCUT2D eigenvalue weighted by molar-refractivity contribution is 5.96. The molecule has 10 aromatic rings. The van der Waals surface area contributed by atoms with Crippen LogP contribution in [0.4, 0.5) is 17.1 Å². The molecule has 9 aromatic carbocycles. The summed E-state index contributed by atoms with van der Waals surface area (Å²) in [6.45, 7) is 0. The molecule has 0 N–H and O–H groups in total. The number of aromatic nitrogens is 2. The number of hydrogen-bond acceptors (Lipinski definition) is 3. The van der Waals surface area contributed by atoms with Crippen LogP contribution in [0.5, 0.6) is 0 Å². The molecule has 1 aliphatic carbocycles. The van der Waals surface area contributed by atoms with Crippen molar-refractivity contribution in [2.75, 3.05) is 4.90 Å². The fourth-order valence-corrected chi connectivity index (χ4v) is 9.90. The first kappa shape index (κ1) is 35.8. The molecule has 1 aromatic heterocycles. The number of anilines is 3. The lowest BCUT2D eigenvalue weighted by Crippen LogP contribution is -2.36. The first-order chi connectivity index (χ1) is 30.7. The molecule has 0 unspecified atom stereocenters. The lowest BCUT2D eigenvalue weighted by molar-refractivity contribution is 0.753. The molecule has 0 saturated heterocycles. The smallest absolute Gasteiger partial charge is 0.160 e. The van der Waals surface area contributed by atoms with Crippen molar-refractivity contribution < 1.29 is 0 Å². The molecule has 1 spiro atoms. The minimum atomic E-state index is -0.509. The normalized spacial score (nSPS) is 12.9. The third kappa shape index (κ3) is 5.67. The van der Waals surface area contributed by atoms with Crippen molar-refractivity contribution in [2.24, 2.45) is 0 Å². The average Bonchev–Trinajstić information content (AvgIpc) is 3.65. The summed E-state index contributed by atoms with van der Waals surface area (Å²) in [5.41, 5.74) is 20.3. The molecule has 3 heteroatoms. The summed E-state index contributed by atoms with van der Waals surface area (Å²) in [6.07, 6.45) is 0. The lowest BCUT2D eigenvalue weighted by Gasteiger charge is -2.45. The summed E-state index contributed by atoms with van der Waals surface area (Å²) in [7, 11) is 0. The van der Waals surface area contributed by atoms with Crippen LogP contribution in [-0.4, -0.2) is 9.97 Å². The van der Waals surface area contributed by atoms with Crippen molar-refractivity contribution in [1.29, 1.82) is 0 Å². The van der Waals surface area contributed by atoms with Crippen LogP contribution in [0.1, 0.15) is 22.3 Å². The second kappa shape index (κ2) is 14.5. The van der Waals surface area contributed by atoms with Gasteiger partial charge in [0, 0.05) is 22.4 Å². The van der Waals surface area contributed by atoms with Crippen LogP contribution in [0.15, 0.2) is 237 Å². The van der Waals surface area contributed by atoms with Gasteiger partial charge in [-0.15, -0.1) is 0 Å². The average molecular weight is 790 g/mol. The van der Waals surface area contributed by atoms with Gasteiger partial charge in [0.1, 0.15) is 0 Å². The predicted molar refractivity (Wildman–Crippen MR) is 255 cm³/mol. The van der Waals surface area contributed by atoms with E-state index in [-0.39, 0.29) is 0 Å². The Labute approximate surface area is 361 Å². The van der Waals surface area contributed by atoms with Gasteiger partial charge in [0.25, 0.3) is 0 Å². The van der Waals surface area contributed by atoms with Gasteiger partial charge in [-0.25, -0.2) is 9.97 Å². The maximum Gasteiger partial charge on any atom is 0.160 e. The van der Waals surface area contributed by atoms with Crippen LogP contribution >= 0.6 is 0 Å². The molecule has 1 aliphatic heterocycles. The van der Waals surface area contributed by atoms with Crippen LogP contribution < -0.4 is 4.90 Å². The summed E-state index contributed by atoms with van der Waals surface area (Å²) in [5.74, 6) is 0.705. The molecular weight excluding hydrogens is 751 g/mol. The molecule has 290 valence electrons. The van der Waals surface area contributed by atoms with Crippen LogP contribution in [0.3, 0.4) is 0 Å².